The van der Waals surface area contributed by atoms with Gasteiger partial charge in [0.05, 0.1) is 17.4 Å². The largest absolute Gasteiger partial charge is 0.481 e. The van der Waals surface area contributed by atoms with E-state index in [9.17, 15) is 24.6 Å². The summed E-state index contributed by atoms with van der Waals surface area (Å²) in [6, 6.07) is 7.71. The normalized spacial score (nSPS) is 37.7. The number of carboxylic acid groups (broad SMARTS) is 2. The molecule has 9 atom stereocenters. The predicted molar refractivity (Wildman–Crippen MR) is 208 cm³/mol. The first-order chi connectivity index (χ1) is 24.3. The van der Waals surface area contributed by atoms with Crippen LogP contribution in [0.2, 0.25) is 0 Å². The van der Waals surface area contributed by atoms with Crippen LogP contribution in [0.4, 0.5) is 0 Å². The molecular formula is C45H66N2O5. The molecule has 4 fully saturated rings. The molecule has 3 N–H and O–H groups in total. The Kier molecular flexibility index (Phi) is 10.2. The van der Waals surface area contributed by atoms with E-state index in [2.05, 4.69) is 78.3 Å². The minimum Gasteiger partial charge on any atom is -0.481 e. The Balaban J connectivity index is 1.26. The number of carbonyl (C=O) groups excluding carboxylic acids is 1. The van der Waals surface area contributed by atoms with Crippen molar-refractivity contribution >= 4 is 23.4 Å². The molecule has 0 heterocycles. The number of amides is 1. The van der Waals surface area contributed by atoms with Gasteiger partial charge in [0.1, 0.15) is 0 Å². The van der Waals surface area contributed by atoms with Gasteiger partial charge in [0, 0.05) is 25.7 Å². The fraction of sp³-hybridized carbons (Fsp3) is 0.711. The van der Waals surface area contributed by atoms with Crippen LogP contribution < -0.4 is 5.32 Å². The molecule has 5 aliphatic rings. The van der Waals surface area contributed by atoms with Gasteiger partial charge in [0.15, 0.2) is 0 Å². The van der Waals surface area contributed by atoms with E-state index in [1.807, 2.05) is 12.1 Å². The number of hydrogen-bond acceptors (Lipinski definition) is 4. The maximum Gasteiger partial charge on any atom is 0.335 e. The van der Waals surface area contributed by atoms with Crippen LogP contribution in [0.25, 0.3) is 5.57 Å². The van der Waals surface area contributed by atoms with E-state index >= 15 is 0 Å². The summed E-state index contributed by atoms with van der Waals surface area (Å²) in [4.78, 5) is 39.5. The highest BCUT2D eigenvalue weighted by Gasteiger charge is 2.71. The van der Waals surface area contributed by atoms with Crippen LogP contribution in [0.15, 0.2) is 42.5 Å². The number of nitrogens with zero attached hydrogens (tertiary/aromatic N) is 1. The molecule has 0 unspecified atom stereocenters. The lowest BCUT2D eigenvalue weighted by Crippen LogP contribution is -2.66. The molecule has 5 aliphatic carbocycles. The topological polar surface area (TPSA) is 107 Å². The van der Waals surface area contributed by atoms with E-state index in [-0.39, 0.29) is 45.4 Å². The van der Waals surface area contributed by atoms with Gasteiger partial charge < -0.3 is 15.5 Å². The van der Waals surface area contributed by atoms with E-state index in [0.717, 1.165) is 44.1 Å². The molecule has 6 rings (SSSR count). The number of benzene rings is 1. The molecule has 0 spiro atoms. The average Bonchev–Trinajstić information content (AvgIpc) is 3.47. The highest BCUT2D eigenvalue weighted by molar-refractivity contribution is 5.88. The van der Waals surface area contributed by atoms with Crippen molar-refractivity contribution < 1.29 is 24.6 Å². The molecule has 7 heteroatoms. The van der Waals surface area contributed by atoms with E-state index in [1.165, 1.54) is 30.4 Å². The first-order valence-electron chi connectivity index (χ1n) is 20.3. The van der Waals surface area contributed by atoms with E-state index < -0.39 is 11.9 Å². The third-order valence-corrected chi connectivity index (χ3v) is 16.6. The Morgan fingerprint density at radius 1 is 0.885 bits per heavy atom. The molecule has 0 bridgehead atoms. The van der Waals surface area contributed by atoms with Gasteiger partial charge in [0.25, 0.3) is 0 Å². The smallest absolute Gasteiger partial charge is 0.335 e. The molecular weight excluding hydrogens is 649 g/mol. The Morgan fingerprint density at radius 2 is 1.58 bits per heavy atom. The fourth-order valence-corrected chi connectivity index (χ4v) is 13.8. The van der Waals surface area contributed by atoms with Crippen molar-refractivity contribution in [2.75, 3.05) is 19.6 Å². The minimum atomic E-state index is -0.887. The summed E-state index contributed by atoms with van der Waals surface area (Å²) < 4.78 is 0. The van der Waals surface area contributed by atoms with Crippen molar-refractivity contribution in [2.24, 2.45) is 56.7 Å². The van der Waals surface area contributed by atoms with Crippen LogP contribution >= 0.6 is 0 Å². The lowest BCUT2D eigenvalue weighted by molar-refractivity contribution is -0.225. The molecule has 0 radical (unpaired) electrons. The van der Waals surface area contributed by atoms with Crippen molar-refractivity contribution in [1.29, 1.82) is 0 Å². The number of rotatable bonds is 11. The van der Waals surface area contributed by atoms with Gasteiger partial charge in [-0.3, -0.25) is 14.5 Å². The van der Waals surface area contributed by atoms with Crippen LogP contribution in [0.5, 0.6) is 0 Å². The maximum atomic E-state index is 14.5. The second kappa shape index (κ2) is 13.7. The van der Waals surface area contributed by atoms with Gasteiger partial charge in [0.2, 0.25) is 5.91 Å². The van der Waals surface area contributed by atoms with Gasteiger partial charge in [-0.2, -0.15) is 0 Å². The van der Waals surface area contributed by atoms with Crippen LogP contribution in [0.1, 0.15) is 136 Å². The Labute approximate surface area is 313 Å². The zero-order valence-electron chi connectivity index (χ0n) is 33.3. The summed E-state index contributed by atoms with van der Waals surface area (Å²) >= 11 is 0. The van der Waals surface area contributed by atoms with Gasteiger partial charge in [-0.05, 0) is 153 Å². The standard InChI is InChI=1S/C45H66N2O5/c1-28(2)32-16-22-45(40(52)46-25-27-47(29(3)4)26-19-37(48)49)24-23-43(8)34(38(32)45)14-15-36-42(7)20-17-33(30-10-12-31(13-11-30)39(50)51)41(5,6)35(42)18-21-44(36,43)9/h10-13,17,29,32,34-36,38H,1,14-16,18-27H2,2-9H3,(H,46,52)(H,48,49)(H,50,51)/t32-,34+,35-,36+,38+,42-,43+,44+,45-/m0/s1. The predicted octanol–water partition coefficient (Wildman–Crippen LogP) is 9.34. The third-order valence-electron chi connectivity index (χ3n) is 16.6. The number of fused-ring (bicyclic) bond motifs is 7. The molecule has 0 saturated heterocycles. The van der Waals surface area contributed by atoms with Crippen molar-refractivity contribution in [1.82, 2.24) is 10.2 Å². The van der Waals surface area contributed by atoms with E-state index in [1.54, 1.807) is 12.1 Å². The second-order valence-corrected chi connectivity index (χ2v) is 19.3. The SMILES string of the molecule is C=C(C)[C@@H]1CC[C@]2(C(=O)NCCN(CCC(=O)O)C(C)C)CC[C@]3(C)[C@H](CC[C@@H]4[C@@]5(C)CC=C(c6ccc(C(=O)O)cc6)C(C)(C)[C@@H]5CC[C@]43C)[C@@H]12. The highest BCUT2D eigenvalue weighted by atomic mass is 16.4. The number of carbonyl (C=O) groups is 3. The number of nitrogens with one attached hydrogen (secondary N) is 1. The molecule has 286 valence electrons. The summed E-state index contributed by atoms with van der Waals surface area (Å²) in [5.74, 6) is 0.781. The van der Waals surface area contributed by atoms with Gasteiger partial charge in [-0.1, -0.05) is 65.0 Å². The molecule has 52 heavy (non-hydrogen) atoms. The zero-order valence-corrected chi connectivity index (χ0v) is 33.3. The number of carboxylic acids is 2. The van der Waals surface area contributed by atoms with Crippen LogP contribution in [0.3, 0.4) is 0 Å². The van der Waals surface area contributed by atoms with Gasteiger partial charge in [-0.15, -0.1) is 0 Å². The summed E-state index contributed by atoms with van der Waals surface area (Å²) in [5.41, 5.74) is 4.11. The maximum absolute atomic E-state index is 14.5. The van der Waals surface area contributed by atoms with Gasteiger partial charge in [-0.25, -0.2) is 4.79 Å². The molecule has 1 amide bonds. The van der Waals surface area contributed by atoms with Crippen molar-refractivity contribution in [2.45, 2.75) is 126 Å². The minimum absolute atomic E-state index is 0.0358. The van der Waals surface area contributed by atoms with Crippen molar-refractivity contribution in [3.63, 3.8) is 0 Å². The van der Waals surface area contributed by atoms with Crippen LogP contribution in [0, 0.1) is 56.7 Å². The highest BCUT2D eigenvalue weighted by Crippen LogP contribution is 2.77. The lowest BCUT2D eigenvalue weighted by atomic mass is 9.32. The molecule has 4 saturated carbocycles. The number of aliphatic carboxylic acids is 1. The monoisotopic (exact) mass is 714 g/mol. The summed E-state index contributed by atoms with van der Waals surface area (Å²) in [7, 11) is 0. The molecule has 0 aromatic heterocycles. The molecule has 7 nitrogen and oxygen atoms in total. The van der Waals surface area contributed by atoms with Crippen molar-refractivity contribution in [3.8, 4) is 0 Å². The summed E-state index contributed by atoms with van der Waals surface area (Å²) in [6.45, 7) is 25.3. The quantitative estimate of drug-likeness (QED) is 0.197. The summed E-state index contributed by atoms with van der Waals surface area (Å²) in [6.07, 6.45) is 12.3. The van der Waals surface area contributed by atoms with E-state index in [0.29, 0.717) is 54.8 Å². The fourth-order valence-electron chi connectivity index (χ4n) is 13.8. The molecule has 1 aromatic carbocycles. The first-order valence-corrected chi connectivity index (χ1v) is 20.3. The van der Waals surface area contributed by atoms with E-state index in [4.69, 9.17) is 0 Å². The summed E-state index contributed by atoms with van der Waals surface area (Å²) in [5, 5.41) is 22.2. The van der Waals surface area contributed by atoms with Crippen molar-refractivity contribution in [3.05, 3.63) is 53.6 Å². The number of aromatic carboxylic acids is 1. The van der Waals surface area contributed by atoms with Gasteiger partial charge >= 0.3 is 11.9 Å². The second-order valence-electron chi connectivity index (χ2n) is 19.3. The average molecular weight is 715 g/mol. The Morgan fingerprint density at radius 3 is 2.19 bits per heavy atom. The third kappa shape index (κ3) is 6.00. The Hall–Kier alpha value is -2.93. The molecule has 1 aromatic rings. The lowest BCUT2D eigenvalue weighted by Gasteiger charge is -2.72. The van der Waals surface area contributed by atoms with Crippen LogP contribution in [-0.2, 0) is 9.59 Å². The first kappa shape index (κ1) is 38.8. The Bertz CT molecular complexity index is 1610. The zero-order chi connectivity index (χ0) is 38.0. The number of allylic oxidation sites excluding steroid dienone is 3. The number of hydrogen-bond donors (Lipinski definition) is 3. The van der Waals surface area contributed by atoms with Crippen LogP contribution in [-0.4, -0.2) is 58.6 Å². The molecule has 0 aliphatic heterocycles.